The number of nitrogen functional groups attached to an aromatic ring is 1. The third-order valence-corrected chi connectivity index (χ3v) is 4.71. The molecule has 0 aliphatic heterocycles. The van der Waals surface area contributed by atoms with E-state index in [1.807, 2.05) is 48.7 Å². The number of aromatic nitrogens is 2. The van der Waals surface area contributed by atoms with Crippen molar-refractivity contribution in [3.8, 4) is 16.9 Å². The van der Waals surface area contributed by atoms with Gasteiger partial charge in [-0.1, -0.05) is 54.1 Å². The molecule has 30 heavy (non-hydrogen) atoms. The molecule has 4 aromatic rings. The normalized spacial score (nSPS) is 11.0. The number of anilines is 1. The number of nitrogens with one attached hydrogen (secondary N) is 1. The van der Waals surface area contributed by atoms with Crippen LogP contribution in [-0.4, -0.2) is 21.9 Å². The number of amides is 1. The van der Waals surface area contributed by atoms with Gasteiger partial charge in [-0.25, -0.2) is 10.1 Å². The third-order valence-electron chi connectivity index (χ3n) is 4.46. The van der Waals surface area contributed by atoms with Crippen molar-refractivity contribution in [2.45, 2.75) is 0 Å². The molecule has 7 heteroatoms. The molecule has 0 bridgehead atoms. The Morgan fingerprint density at radius 2 is 1.70 bits per heavy atom. The highest BCUT2D eigenvalue weighted by Gasteiger charge is 2.12. The van der Waals surface area contributed by atoms with E-state index in [0.29, 0.717) is 22.0 Å². The molecule has 0 atom stereocenters. The highest BCUT2D eigenvalue weighted by Crippen LogP contribution is 2.24. The van der Waals surface area contributed by atoms with Crippen molar-refractivity contribution in [3.63, 3.8) is 0 Å². The second-order valence-corrected chi connectivity index (χ2v) is 6.94. The molecule has 0 unspecified atom stereocenters. The lowest BCUT2D eigenvalue weighted by Gasteiger charge is -2.03. The summed E-state index contributed by atoms with van der Waals surface area (Å²) in [5, 5.41) is 9.45. The van der Waals surface area contributed by atoms with Crippen LogP contribution < -0.4 is 11.2 Å². The zero-order chi connectivity index (χ0) is 20.9. The van der Waals surface area contributed by atoms with Crippen molar-refractivity contribution >= 4 is 29.4 Å². The van der Waals surface area contributed by atoms with Crippen LogP contribution in [0.5, 0.6) is 0 Å². The maximum Gasteiger partial charge on any atom is 0.273 e. The van der Waals surface area contributed by atoms with E-state index >= 15 is 0 Å². The van der Waals surface area contributed by atoms with E-state index in [1.54, 1.807) is 47.3 Å². The van der Waals surface area contributed by atoms with Crippen LogP contribution in [0.4, 0.5) is 5.69 Å². The van der Waals surface area contributed by atoms with Gasteiger partial charge in [0.2, 0.25) is 0 Å². The maximum atomic E-state index is 12.3. The SMILES string of the molecule is Nc1ccccc1C(=O)N/N=C\c1cn(-c2ccccc2)nc1-c1ccc(Cl)cc1. The highest BCUT2D eigenvalue weighted by atomic mass is 35.5. The van der Waals surface area contributed by atoms with Crippen LogP contribution in [0.25, 0.3) is 16.9 Å². The zero-order valence-electron chi connectivity index (χ0n) is 15.9. The standard InChI is InChI=1S/C23H18ClN5O/c24-18-12-10-16(11-13-18)22-17(15-29(28-22)19-6-2-1-3-7-19)14-26-27-23(30)20-8-4-5-9-21(20)25/h1-15H,25H2,(H,27,30)/b26-14-. The van der Waals surface area contributed by atoms with Gasteiger partial charge in [0.05, 0.1) is 17.5 Å². The number of rotatable bonds is 5. The van der Waals surface area contributed by atoms with Crippen molar-refractivity contribution in [2.24, 2.45) is 5.10 Å². The largest absolute Gasteiger partial charge is 0.398 e. The predicted octanol–water partition coefficient (Wildman–Crippen LogP) is 4.54. The first-order valence-electron chi connectivity index (χ1n) is 9.21. The van der Waals surface area contributed by atoms with Crippen LogP contribution in [0.2, 0.25) is 5.02 Å². The molecule has 0 saturated heterocycles. The van der Waals surface area contributed by atoms with E-state index in [2.05, 4.69) is 10.5 Å². The summed E-state index contributed by atoms with van der Waals surface area (Å²) >= 11 is 6.02. The highest BCUT2D eigenvalue weighted by molar-refractivity contribution is 6.30. The molecule has 148 valence electrons. The summed E-state index contributed by atoms with van der Waals surface area (Å²) in [6, 6.07) is 24.0. The van der Waals surface area contributed by atoms with Gasteiger partial charge in [0.15, 0.2) is 0 Å². The number of hydrazone groups is 1. The number of hydrogen-bond donors (Lipinski definition) is 2. The summed E-state index contributed by atoms with van der Waals surface area (Å²) in [5.74, 6) is -0.382. The van der Waals surface area contributed by atoms with Gasteiger partial charge < -0.3 is 5.73 Å². The Balaban J connectivity index is 1.65. The Bertz CT molecular complexity index is 1200. The molecule has 0 aliphatic carbocycles. The Labute approximate surface area is 178 Å². The molecular weight excluding hydrogens is 398 g/mol. The van der Waals surface area contributed by atoms with Gasteiger partial charge in [0.1, 0.15) is 5.69 Å². The maximum absolute atomic E-state index is 12.3. The number of halogens is 1. The smallest absolute Gasteiger partial charge is 0.273 e. The van der Waals surface area contributed by atoms with Gasteiger partial charge >= 0.3 is 0 Å². The molecule has 0 aliphatic rings. The van der Waals surface area contributed by atoms with Crippen LogP contribution in [-0.2, 0) is 0 Å². The number of nitrogens with two attached hydrogens (primary N) is 1. The Kier molecular flexibility index (Phi) is 5.59. The average Bonchev–Trinajstić information content (AvgIpc) is 3.19. The van der Waals surface area contributed by atoms with Crippen molar-refractivity contribution in [2.75, 3.05) is 5.73 Å². The number of para-hydroxylation sites is 2. The van der Waals surface area contributed by atoms with Crippen LogP contribution in [0, 0.1) is 0 Å². The second kappa shape index (κ2) is 8.63. The lowest BCUT2D eigenvalue weighted by molar-refractivity contribution is 0.0956. The van der Waals surface area contributed by atoms with Crippen molar-refractivity contribution in [3.05, 3.63) is 101 Å². The number of carbonyl (C=O) groups excluding carboxylic acids is 1. The van der Waals surface area contributed by atoms with Crippen molar-refractivity contribution in [1.29, 1.82) is 0 Å². The van der Waals surface area contributed by atoms with Crippen molar-refractivity contribution in [1.82, 2.24) is 15.2 Å². The second-order valence-electron chi connectivity index (χ2n) is 6.51. The molecule has 1 heterocycles. The molecule has 0 radical (unpaired) electrons. The van der Waals surface area contributed by atoms with Gasteiger partial charge in [-0.3, -0.25) is 4.79 Å². The average molecular weight is 416 g/mol. The summed E-state index contributed by atoms with van der Waals surface area (Å²) in [6.07, 6.45) is 3.42. The van der Waals surface area contributed by atoms with E-state index in [0.717, 1.165) is 16.8 Å². The van der Waals surface area contributed by atoms with Crippen LogP contribution in [0.15, 0.2) is 90.2 Å². The molecule has 6 nitrogen and oxygen atoms in total. The fourth-order valence-electron chi connectivity index (χ4n) is 2.95. The van der Waals surface area contributed by atoms with E-state index in [1.165, 1.54) is 0 Å². The molecule has 3 N–H and O–H groups in total. The molecular formula is C23H18ClN5O. The van der Waals surface area contributed by atoms with Crippen LogP contribution in [0.3, 0.4) is 0 Å². The summed E-state index contributed by atoms with van der Waals surface area (Å²) in [5.41, 5.74) is 12.4. The monoisotopic (exact) mass is 415 g/mol. The lowest BCUT2D eigenvalue weighted by atomic mass is 10.1. The minimum absolute atomic E-state index is 0.368. The zero-order valence-corrected chi connectivity index (χ0v) is 16.6. The van der Waals surface area contributed by atoms with Crippen LogP contribution in [0.1, 0.15) is 15.9 Å². The first-order chi connectivity index (χ1) is 14.6. The van der Waals surface area contributed by atoms with Crippen molar-refractivity contribution < 1.29 is 4.79 Å². The van der Waals surface area contributed by atoms with Gasteiger partial charge in [-0.2, -0.15) is 10.2 Å². The quantitative estimate of drug-likeness (QED) is 0.285. The van der Waals surface area contributed by atoms with E-state index in [4.69, 9.17) is 22.4 Å². The Hall–Kier alpha value is -3.90. The molecule has 1 amide bonds. The van der Waals surface area contributed by atoms with Gasteiger partial charge in [-0.15, -0.1) is 0 Å². The molecule has 0 spiro atoms. The van der Waals surface area contributed by atoms with Crippen LogP contribution >= 0.6 is 11.6 Å². The number of nitrogens with zero attached hydrogens (tertiary/aromatic N) is 3. The van der Waals surface area contributed by atoms with E-state index in [9.17, 15) is 4.79 Å². The fourth-order valence-corrected chi connectivity index (χ4v) is 3.08. The molecule has 0 fully saturated rings. The Morgan fingerprint density at radius 3 is 2.43 bits per heavy atom. The van der Waals surface area contributed by atoms with E-state index in [-0.39, 0.29) is 5.91 Å². The molecule has 4 rings (SSSR count). The molecule has 0 saturated carbocycles. The summed E-state index contributed by atoms with van der Waals surface area (Å²) < 4.78 is 1.77. The summed E-state index contributed by atoms with van der Waals surface area (Å²) in [6.45, 7) is 0. The lowest BCUT2D eigenvalue weighted by Crippen LogP contribution is -2.19. The topological polar surface area (TPSA) is 85.3 Å². The minimum atomic E-state index is -0.382. The van der Waals surface area contributed by atoms with Gasteiger partial charge in [0.25, 0.3) is 5.91 Å². The minimum Gasteiger partial charge on any atom is -0.398 e. The number of benzene rings is 3. The molecule has 3 aromatic carbocycles. The van der Waals surface area contributed by atoms with Gasteiger partial charge in [-0.05, 0) is 36.4 Å². The number of hydrogen-bond acceptors (Lipinski definition) is 4. The first-order valence-corrected chi connectivity index (χ1v) is 9.58. The van der Waals surface area contributed by atoms with E-state index < -0.39 is 0 Å². The number of carbonyl (C=O) groups is 1. The third kappa shape index (κ3) is 4.24. The Morgan fingerprint density at radius 1 is 1.00 bits per heavy atom. The summed E-state index contributed by atoms with van der Waals surface area (Å²) in [7, 11) is 0. The predicted molar refractivity (Wildman–Crippen MR) is 120 cm³/mol. The summed E-state index contributed by atoms with van der Waals surface area (Å²) in [4.78, 5) is 12.3. The fraction of sp³-hybridized carbons (Fsp3) is 0. The van der Waals surface area contributed by atoms with Gasteiger partial charge in [0, 0.05) is 28.0 Å². The first kappa shape index (κ1) is 19.4. The molecule has 1 aromatic heterocycles.